The number of sulfonamides is 1. The van der Waals surface area contributed by atoms with Crippen molar-refractivity contribution >= 4 is 21.7 Å². The lowest BCUT2D eigenvalue weighted by atomic mass is 9.97. The Morgan fingerprint density at radius 3 is 2.62 bits per heavy atom. The smallest absolute Gasteiger partial charge is 0.274 e. The van der Waals surface area contributed by atoms with E-state index in [1.54, 1.807) is 12.1 Å². The fraction of sp³-hybridized carbons (Fsp3) is 0.600. The maximum absolute atomic E-state index is 12.6. The quantitative estimate of drug-likeness (QED) is 0.763. The summed E-state index contributed by atoms with van der Waals surface area (Å²) in [5.74, 6) is 0.344. The molecular weight excluding hydrogens is 332 g/mol. The van der Waals surface area contributed by atoms with Crippen LogP contribution in [0.3, 0.4) is 0 Å². The van der Waals surface area contributed by atoms with Crippen LogP contribution in [0.2, 0.25) is 0 Å². The van der Waals surface area contributed by atoms with Crippen LogP contribution in [0.4, 0.5) is 5.82 Å². The van der Waals surface area contributed by atoms with Gasteiger partial charge in [0.25, 0.3) is 5.82 Å². The summed E-state index contributed by atoms with van der Waals surface area (Å²) >= 11 is 0. The Labute approximate surface area is 141 Å². The molecule has 2 aliphatic heterocycles. The van der Waals surface area contributed by atoms with Crippen LogP contribution in [-0.2, 0) is 19.6 Å². The average molecular weight is 355 g/mol. The van der Waals surface area contributed by atoms with E-state index in [9.17, 15) is 13.2 Å². The molecule has 0 unspecified atom stereocenters. The van der Waals surface area contributed by atoms with Crippen LogP contribution >= 0.6 is 0 Å². The van der Waals surface area contributed by atoms with Gasteiger partial charge in [0.05, 0.1) is 32.2 Å². The summed E-state index contributed by atoms with van der Waals surface area (Å²) in [7, 11) is -3.50. The zero-order chi connectivity index (χ0) is 17.2. The molecule has 3 N–H and O–H groups in total. The molecule has 0 bridgehead atoms. The molecule has 24 heavy (non-hydrogen) atoms. The highest BCUT2D eigenvalue weighted by molar-refractivity contribution is 7.89. The number of nitrogens with two attached hydrogens (primary N) is 1. The maximum atomic E-state index is 12.6. The zero-order valence-corrected chi connectivity index (χ0v) is 14.3. The van der Waals surface area contributed by atoms with Crippen molar-refractivity contribution in [2.45, 2.75) is 17.7 Å². The van der Waals surface area contributed by atoms with Gasteiger partial charge in [-0.2, -0.15) is 4.31 Å². The predicted octanol–water partition coefficient (Wildman–Crippen LogP) is -0.777. The number of H-pyrrole nitrogens is 1. The molecule has 1 amide bonds. The Morgan fingerprint density at radius 2 is 2.00 bits per heavy atom. The molecule has 0 aliphatic carbocycles. The third-order valence-corrected chi connectivity index (χ3v) is 6.43. The van der Waals surface area contributed by atoms with Gasteiger partial charge in [0, 0.05) is 19.2 Å². The highest BCUT2D eigenvalue weighted by atomic mass is 32.2. The molecule has 2 aliphatic rings. The van der Waals surface area contributed by atoms with Gasteiger partial charge in [-0.15, -0.1) is 0 Å². The minimum atomic E-state index is -3.50. The number of carbonyl (C=O) groups is 1. The number of nitrogens with one attached hydrogen (secondary N) is 1. The highest BCUT2D eigenvalue weighted by Gasteiger charge is 2.31. The molecule has 1 aromatic heterocycles. The lowest BCUT2D eigenvalue weighted by Crippen LogP contribution is -2.43. The van der Waals surface area contributed by atoms with Crippen LogP contribution < -0.4 is 15.6 Å². The number of hydrogen-bond acceptors (Lipinski definition) is 5. The monoisotopic (exact) mass is 355 g/mol. The van der Waals surface area contributed by atoms with Gasteiger partial charge in [0.1, 0.15) is 11.1 Å². The maximum Gasteiger partial charge on any atom is 0.274 e. The molecule has 9 heteroatoms. The number of morpholine rings is 1. The van der Waals surface area contributed by atoms with Crippen LogP contribution in [0.5, 0.6) is 0 Å². The van der Waals surface area contributed by atoms with Gasteiger partial charge < -0.3 is 10.5 Å². The van der Waals surface area contributed by atoms with E-state index in [2.05, 4.69) is 4.98 Å². The molecule has 3 rings (SSSR count). The van der Waals surface area contributed by atoms with Crippen LogP contribution in [0.1, 0.15) is 12.8 Å². The number of ether oxygens (including phenoxy) is 1. The number of aromatic amines is 1. The van der Waals surface area contributed by atoms with Crippen LogP contribution in [0.25, 0.3) is 0 Å². The van der Waals surface area contributed by atoms with E-state index in [0.717, 1.165) is 25.2 Å². The fourth-order valence-corrected chi connectivity index (χ4v) is 4.50. The van der Waals surface area contributed by atoms with E-state index >= 15 is 0 Å². The van der Waals surface area contributed by atoms with Crippen molar-refractivity contribution in [3.8, 4) is 0 Å². The van der Waals surface area contributed by atoms with Gasteiger partial charge in [-0.1, -0.05) is 0 Å². The van der Waals surface area contributed by atoms with Gasteiger partial charge >= 0.3 is 0 Å². The Morgan fingerprint density at radius 1 is 1.25 bits per heavy atom. The topological polar surface area (TPSA) is 107 Å². The second-order valence-corrected chi connectivity index (χ2v) is 8.05. The molecule has 8 nitrogen and oxygen atoms in total. The first-order chi connectivity index (χ1) is 11.5. The molecule has 1 atom stereocenters. The number of carbonyl (C=O) groups excluding carboxylic acids is 1. The summed E-state index contributed by atoms with van der Waals surface area (Å²) in [6, 6.07) is 3.35. The van der Waals surface area contributed by atoms with Crippen molar-refractivity contribution in [1.29, 1.82) is 0 Å². The first-order valence-corrected chi connectivity index (χ1v) is 9.56. The van der Waals surface area contributed by atoms with Crippen molar-refractivity contribution in [3.05, 3.63) is 18.3 Å². The number of primary amides is 1. The minimum Gasteiger partial charge on any atom is -0.379 e. The zero-order valence-electron chi connectivity index (χ0n) is 13.5. The molecule has 0 radical (unpaired) electrons. The summed E-state index contributed by atoms with van der Waals surface area (Å²) in [5.41, 5.74) is 5.40. The van der Waals surface area contributed by atoms with Crippen molar-refractivity contribution in [2.75, 3.05) is 44.3 Å². The Hall–Kier alpha value is -1.71. The van der Waals surface area contributed by atoms with E-state index in [1.165, 1.54) is 10.5 Å². The van der Waals surface area contributed by atoms with E-state index < -0.39 is 10.0 Å². The number of rotatable bonds is 4. The lowest BCUT2D eigenvalue weighted by Gasteiger charge is -2.27. The molecule has 2 fully saturated rings. The summed E-state index contributed by atoms with van der Waals surface area (Å²) in [6.45, 7) is 2.96. The van der Waals surface area contributed by atoms with Gasteiger partial charge in [-0.3, -0.25) is 9.69 Å². The number of amides is 1. The van der Waals surface area contributed by atoms with Crippen molar-refractivity contribution in [1.82, 2.24) is 4.31 Å². The first-order valence-electron chi connectivity index (χ1n) is 8.12. The molecule has 132 valence electrons. The van der Waals surface area contributed by atoms with Gasteiger partial charge in [-0.25, -0.2) is 13.4 Å². The highest BCUT2D eigenvalue weighted by Crippen LogP contribution is 2.21. The molecule has 0 saturated carbocycles. The summed E-state index contributed by atoms with van der Waals surface area (Å²) in [4.78, 5) is 16.7. The molecule has 0 spiro atoms. The first kappa shape index (κ1) is 17.1. The minimum absolute atomic E-state index is 0.163. The molecule has 2 saturated heterocycles. The third-order valence-electron chi connectivity index (χ3n) is 4.54. The molecule has 3 heterocycles. The molecule has 0 aromatic carbocycles. The number of nitrogens with zero attached hydrogens (tertiary/aromatic N) is 2. The van der Waals surface area contributed by atoms with E-state index in [-0.39, 0.29) is 16.7 Å². The van der Waals surface area contributed by atoms with Crippen LogP contribution in [0, 0.1) is 5.92 Å². The fourth-order valence-electron chi connectivity index (χ4n) is 3.12. The van der Waals surface area contributed by atoms with Crippen LogP contribution in [-0.4, -0.2) is 58.0 Å². The average Bonchev–Trinajstić information content (AvgIpc) is 2.62. The third kappa shape index (κ3) is 3.52. The standard InChI is InChI=1S/C15H22N4O4S/c16-15(20)12-2-1-5-18(11-12)14-4-3-13(10-17-14)24(21,22)19-6-8-23-9-7-19/h3-4,10,12H,1-2,5-9,11H2,(H2,16,20)/p+1/t12-/m1/s1. The largest absolute Gasteiger partial charge is 0.379 e. The van der Waals surface area contributed by atoms with Crippen molar-refractivity contribution in [2.24, 2.45) is 11.7 Å². The number of piperidine rings is 1. The number of hydrogen-bond donors (Lipinski definition) is 1. The Balaban J connectivity index is 1.74. The molecular formula is C15H23N4O4S+. The van der Waals surface area contributed by atoms with Gasteiger partial charge in [-0.05, 0) is 18.9 Å². The Bertz CT molecular complexity index is 686. The second-order valence-electron chi connectivity index (χ2n) is 6.11. The van der Waals surface area contributed by atoms with E-state index in [0.29, 0.717) is 32.8 Å². The molecule has 1 aromatic rings. The number of pyridine rings is 1. The van der Waals surface area contributed by atoms with Crippen molar-refractivity contribution in [3.63, 3.8) is 0 Å². The van der Waals surface area contributed by atoms with E-state index in [4.69, 9.17) is 10.5 Å². The summed E-state index contributed by atoms with van der Waals surface area (Å²) < 4.78 is 31.8. The van der Waals surface area contributed by atoms with Gasteiger partial charge in [0.2, 0.25) is 15.9 Å². The number of anilines is 1. The summed E-state index contributed by atoms with van der Waals surface area (Å²) in [6.07, 6.45) is 3.19. The lowest BCUT2D eigenvalue weighted by molar-refractivity contribution is -0.367. The van der Waals surface area contributed by atoms with E-state index in [1.807, 2.05) is 4.90 Å². The summed E-state index contributed by atoms with van der Waals surface area (Å²) in [5, 5.41) is 0. The van der Waals surface area contributed by atoms with Gasteiger partial charge in [0.15, 0.2) is 0 Å². The SMILES string of the molecule is NC(=O)[C@@H]1CCCN(c2ccc(S(=O)(=O)N3CCOCC3)c[nH+]2)C1. The van der Waals surface area contributed by atoms with Crippen LogP contribution in [0.15, 0.2) is 23.2 Å². The predicted molar refractivity (Wildman–Crippen MR) is 86.7 cm³/mol. The van der Waals surface area contributed by atoms with Crippen molar-refractivity contribution < 1.29 is 22.9 Å². The normalized spacial score (nSPS) is 23.2. The Kier molecular flexibility index (Phi) is 5.02. The second kappa shape index (κ2) is 7.04. The number of aromatic nitrogens is 1.